The van der Waals surface area contributed by atoms with Gasteiger partial charge in [-0.1, -0.05) is 0 Å². The Labute approximate surface area is 140 Å². The highest BCUT2D eigenvalue weighted by atomic mass is 16.7. The summed E-state index contributed by atoms with van der Waals surface area (Å²) >= 11 is 0. The van der Waals surface area contributed by atoms with Gasteiger partial charge in [-0.2, -0.15) is 5.10 Å². The van der Waals surface area contributed by atoms with Crippen LogP contribution >= 0.6 is 0 Å². The summed E-state index contributed by atoms with van der Waals surface area (Å²) in [6.07, 6.45) is 9.47. The third kappa shape index (κ3) is 2.24. The first-order valence-electron chi connectivity index (χ1n) is 8.51. The standard InChI is InChI=1S/C19H19N3O2/c1-2-14-11-18-16(13-21-22(18)17-3-6-20-7-4-17)10-15(14)12-19(5-1)23-8-9-24-19/h3-4,6-7,10-11,13H,1-2,5,8-9,12H2. The molecule has 0 saturated carbocycles. The summed E-state index contributed by atoms with van der Waals surface area (Å²) < 4.78 is 13.9. The summed E-state index contributed by atoms with van der Waals surface area (Å²) in [5.41, 5.74) is 4.89. The Morgan fingerprint density at radius 1 is 1.04 bits per heavy atom. The SMILES string of the molecule is c1cc(-n2ncc3cc4c(cc32)CCCC2(C4)OCCO2)ccn1. The average Bonchev–Trinajstić information content (AvgIpc) is 3.18. The number of benzene rings is 1. The van der Waals surface area contributed by atoms with Gasteiger partial charge in [0, 0.05) is 30.6 Å². The third-order valence-electron chi connectivity index (χ3n) is 5.07. The lowest BCUT2D eigenvalue weighted by atomic mass is 9.99. The van der Waals surface area contributed by atoms with Crippen molar-refractivity contribution in [3.63, 3.8) is 0 Å². The third-order valence-corrected chi connectivity index (χ3v) is 5.07. The van der Waals surface area contributed by atoms with E-state index < -0.39 is 5.79 Å². The Morgan fingerprint density at radius 2 is 1.88 bits per heavy atom. The second kappa shape index (κ2) is 5.40. The summed E-state index contributed by atoms with van der Waals surface area (Å²) in [7, 11) is 0. The minimum atomic E-state index is -0.403. The summed E-state index contributed by atoms with van der Waals surface area (Å²) in [6, 6.07) is 8.50. The first kappa shape index (κ1) is 14.1. The van der Waals surface area contributed by atoms with Gasteiger partial charge in [0.1, 0.15) is 0 Å². The molecular weight excluding hydrogens is 302 g/mol. The van der Waals surface area contributed by atoms with Crippen molar-refractivity contribution in [2.24, 2.45) is 0 Å². The highest BCUT2D eigenvalue weighted by Gasteiger charge is 2.38. The van der Waals surface area contributed by atoms with Crippen LogP contribution in [-0.4, -0.2) is 33.8 Å². The molecule has 2 aliphatic rings. The highest BCUT2D eigenvalue weighted by molar-refractivity contribution is 5.82. The molecule has 0 amide bonds. The molecule has 1 aliphatic carbocycles. The molecule has 1 fully saturated rings. The first-order chi connectivity index (χ1) is 11.8. The Hall–Kier alpha value is -2.24. The van der Waals surface area contributed by atoms with Crippen molar-refractivity contribution in [3.05, 3.63) is 54.0 Å². The molecule has 1 spiro atoms. The van der Waals surface area contributed by atoms with Gasteiger partial charge in [0.25, 0.3) is 0 Å². The average molecular weight is 321 g/mol. The van der Waals surface area contributed by atoms with Gasteiger partial charge in [0.05, 0.1) is 30.6 Å². The summed E-state index contributed by atoms with van der Waals surface area (Å²) in [6.45, 7) is 1.41. The maximum atomic E-state index is 5.95. The van der Waals surface area contributed by atoms with E-state index in [0.717, 1.165) is 42.3 Å². The van der Waals surface area contributed by atoms with Gasteiger partial charge in [-0.25, -0.2) is 4.68 Å². The molecule has 2 aromatic heterocycles. The topological polar surface area (TPSA) is 49.2 Å². The molecule has 5 rings (SSSR count). The van der Waals surface area contributed by atoms with Gasteiger partial charge in [-0.15, -0.1) is 0 Å². The molecule has 0 unspecified atom stereocenters. The van der Waals surface area contributed by atoms with Crippen molar-refractivity contribution in [1.29, 1.82) is 0 Å². The van der Waals surface area contributed by atoms with Crippen LogP contribution in [0, 0.1) is 0 Å². The fraction of sp³-hybridized carbons (Fsp3) is 0.368. The van der Waals surface area contributed by atoms with Gasteiger partial charge in [-0.3, -0.25) is 4.98 Å². The number of hydrogen-bond acceptors (Lipinski definition) is 4. The molecule has 24 heavy (non-hydrogen) atoms. The molecule has 0 atom stereocenters. The number of fused-ring (bicyclic) bond motifs is 2. The van der Waals surface area contributed by atoms with Crippen molar-refractivity contribution in [2.45, 2.75) is 31.5 Å². The number of rotatable bonds is 1. The molecule has 5 nitrogen and oxygen atoms in total. The fourth-order valence-electron chi connectivity index (χ4n) is 3.92. The van der Waals surface area contributed by atoms with Crippen LogP contribution in [-0.2, 0) is 22.3 Å². The lowest BCUT2D eigenvalue weighted by Gasteiger charge is -2.25. The van der Waals surface area contributed by atoms with Crippen molar-refractivity contribution in [2.75, 3.05) is 13.2 Å². The number of aryl methyl sites for hydroxylation is 1. The molecule has 0 bridgehead atoms. The molecule has 0 N–H and O–H groups in total. The predicted molar refractivity (Wildman–Crippen MR) is 90.1 cm³/mol. The molecular formula is C19H19N3O2. The normalized spacial score (nSPS) is 19.5. The Bertz CT molecular complexity index is 882. The molecule has 1 aliphatic heterocycles. The fourth-order valence-corrected chi connectivity index (χ4v) is 3.92. The van der Waals surface area contributed by atoms with Crippen LogP contribution in [0.25, 0.3) is 16.6 Å². The Morgan fingerprint density at radius 3 is 2.71 bits per heavy atom. The second-order valence-corrected chi connectivity index (χ2v) is 6.58. The number of aromatic nitrogens is 3. The molecule has 0 radical (unpaired) electrons. The van der Waals surface area contributed by atoms with Gasteiger partial charge < -0.3 is 9.47 Å². The van der Waals surface area contributed by atoms with Crippen LogP contribution in [0.4, 0.5) is 0 Å². The van der Waals surface area contributed by atoms with Crippen molar-refractivity contribution in [3.8, 4) is 5.69 Å². The lowest BCUT2D eigenvalue weighted by Crippen LogP contribution is -2.32. The van der Waals surface area contributed by atoms with E-state index in [1.807, 2.05) is 23.0 Å². The minimum Gasteiger partial charge on any atom is -0.347 e. The van der Waals surface area contributed by atoms with Gasteiger partial charge in [0.15, 0.2) is 5.79 Å². The van der Waals surface area contributed by atoms with Gasteiger partial charge >= 0.3 is 0 Å². The zero-order valence-corrected chi connectivity index (χ0v) is 13.4. The first-order valence-corrected chi connectivity index (χ1v) is 8.51. The van der Waals surface area contributed by atoms with Crippen molar-refractivity contribution in [1.82, 2.24) is 14.8 Å². The molecule has 5 heteroatoms. The van der Waals surface area contributed by atoms with Crippen LogP contribution in [0.2, 0.25) is 0 Å². The molecule has 1 aromatic carbocycles. The van der Waals surface area contributed by atoms with E-state index in [4.69, 9.17) is 9.47 Å². The van der Waals surface area contributed by atoms with E-state index in [1.165, 1.54) is 11.1 Å². The van der Waals surface area contributed by atoms with Crippen LogP contribution < -0.4 is 0 Å². The van der Waals surface area contributed by atoms with Gasteiger partial charge in [0.2, 0.25) is 0 Å². The van der Waals surface area contributed by atoms with Crippen LogP contribution in [0.5, 0.6) is 0 Å². The number of pyridine rings is 1. The largest absolute Gasteiger partial charge is 0.347 e. The number of ether oxygens (including phenoxy) is 2. The maximum Gasteiger partial charge on any atom is 0.172 e. The summed E-state index contributed by atoms with van der Waals surface area (Å²) in [4.78, 5) is 4.09. The quantitative estimate of drug-likeness (QED) is 0.691. The smallest absolute Gasteiger partial charge is 0.172 e. The van der Waals surface area contributed by atoms with Gasteiger partial charge in [-0.05, 0) is 48.2 Å². The van der Waals surface area contributed by atoms with Crippen molar-refractivity contribution >= 4 is 10.9 Å². The maximum absolute atomic E-state index is 5.95. The molecule has 1 saturated heterocycles. The summed E-state index contributed by atoms with van der Waals surface area (Å²) in [5, 5.41) is 5.73. The summed E-state index contributed by atoms with van der Waals surface area (Å²) in [5.74, 6) is -0.403. The van der Waals surface area contributed by atoms with E-state index >= 15 is 0 Å². The molecule has 3 heterocycles. The lowest BCUT2D eigenvalue weighted by molar-refractivity contribution is -0.160. The Balaban J connectivity index is 1.61. The number of nitrogens with zero attached hydrogens (tertiary/aromatic N) is 3. The molecule has 122 valence electrons. The monoisotopic (exact) mass is 321 g/mol. The van der Waals surface area contributed by atoms with E-state index in [2.05, 4.69) is 22.2 Å². The van der Waals surface area contributed by atoms with E-state index in [-0.39, 0.29) is 0 Å². The minimum absolute atomic E-state index is 0.403. The zero-order valence-electron chi connectivity index (χ0n) is 13.4. The number of hydrogen-bond donors (Lipinski definition) is 0. The highest BCUT2D eigenvalue weighted by Crippen LogP contribution is 2.36. The predicted octanol–water partition coefficient (Wildman–Crippen LogP) is 3.04. The van der Waals surface area contributed by atoms with E-state index in [1.54, 1.807) is 12.4 Å². The van der Waals surface area contributed by atoms with Crippen LogP contribution in [0.1, 0.15) is 24.0 Å². The van der Waals surface area contributed by atoms with Crippen LogP contribution in [0.15, 0.2) is 42.9 Å². The van der Waals surface area contributed by atoms with Crippen molar-refractivity contribution < 1.29 is 9.47 Å². The van der Waals surface area contributed by atoms with E-state index in [0.29, 0.717) is 13.2 Å². The molecule has 3 aromatic rings. The zero-order chi connectivity index (χ0) is 16.0. The second-order valence-electron chi connectivity index (χ2n) is 6.58. The van der Waals surface area contributed by atoms with Crippen LogP contribution in [0.3, 0.4) is 0 Å². The Kier molecular flexibility index (Phi) is 3.18. The van der Waals surface area contributed by atoms with E-state index in [9.17, 15) is 0 Å².